The summed E-state index contributed by atoms with van der Waals surface area (Å²) in [4.78, 5) is 25.3. The average molecular weight is 383 g/mol. The highest BCUT2D eigenvalue weighted by Gasteiger charge is 2.27. The van der Waals surface area contributed by atoms with E-state index >= 15 is 0 Å². The maximum Gasteiger partial charge on any atom is 0.228 e. The Morgan fingerprint density at radius 1 is 1.33 bits per heavy atom. The molecule has 3 aromatic rings. The number of ether oxygens (including phenoxy) is 1. The number of carbonyl (C=O) groups excluding carboxylic acids is 1. The van der Waals surface area contributed by atoms with E-state index in [4.69, 9.17) is 4.74 Å². The summed E-state index contributed by atoms with van der Waals surface area (Å²) < 4.78 is 11.5. The number of benzene rings is 1. The molecule has 0 bridgehead atoms. The number of anilines is 1. The molecule has 7 nitrogen and oxygen atoms in total. The summed E-state index contributed by atoms with van der Waals surface area (Å²) in [5.41, 5.74) is 1.64. The SMILES string of the molecule is CN(C)c1nccc(C2CN(C(=O)Cc3nsc4ccccc34)CCO2)n1. The summed E-state index contributed by atoms with van der Waals surface area (Å²) >= 11 is 1.44. The minimum Gasteiger partial charge on any atom is -0.368 e. The first-order valence-electron chi connectivity index (χ1n) is 8.85. The van der Waals surface area contributed by atoms with Gasteiger partial charge in [-0.2, -0.15) is 4.37 Å². The second-order valence-electron chi connectivity index (χ2n) is 6.68. The molecule has 0 N–H and O–H groups in total. The Hall–Kier alpha value is -2.58. The van der Waals surface area contributed by atoms with Crippen LogP contribution in [0.4, 0.5) is 5.95 Å². The Morgan fingerprint density at radius 3 is 3.04 bits per heavy atom. The normalized spacial score (nSPS) is 17.3. The van der Waals surface area contributed by atoms with Crippen molar-refractivity contribution in [3.63, 3.8) is 0 Å². The first-order valence-corrected chi connectivity index (χ1v) is 9.62. The molecular weight excluding hydrogens is 362 g/mol. The highest BCUT2D eigenvalue weighted by molar-refractivity contribution is 7.13. The van der Waals surface area contributed by atoms with Crippen molar-refractivity contribution in [3.8, 4) is 0 Å². The topological polar surface area (TPSA) is 71.5 Å². The molecule has 1 aromatic carbocycles. The number of nitrogens with zero attached hydrogens (tertiary/aromatic N) is 5. The smallest absolute Gasteiger partial charge is 0.228 e. The van der Waals surface area contributed by atoms with Gasteiger partial charge >= 0.3 is 0 Å². The van der Waals surface area contributed by atoms with Gasteiger partial charge in [-0.15, -0.1) is 0 Å². The number of amides is 1. The molecule has 1 aliphatic rings. The van der Waals surface area contributed by atoms with E-state index in [0.717, 1.165) is 21.5 Å². The van der Waals surface area contributed by atoms with E-state index in [2.05, 4.69) is 14.3 Å². The standard InChI is InChI=1S/C19H21N5O2S/c1-23(2)19-20-8-7-14(21-19)16-12-24(9-10-26-16)18(25)11-15-13-5-3-4-6-17(13)27-22-15/h3-8,16H,9-12H2,1-2H3. The van der Waals surface area contributed by atoms with Gasteiger partial charge in [-0.3, -0.25) is 4.79 Å². The second-order valence-corrected chi connectivity index (χ2v) is 7.48. The summed E-state index contributed by atoms with van der Waals surface area (Å²) in [6.07, 6.45) is 1.80. The maximum atomic E-state index is 12.9. The lowest BCUT2D eigenvalue weighted by atomic mass is 10.1. The molecule has 1 aliphatic heterocycles. The van der Waals surface area contributed by atoms with Crippen LogP contribution in [0.25, 0.3) is 10.1 Å². The van der Waals surface area contributed by atoms with Crippen molar-refractivity contribution in [3.05, 3.63) is 47.9 Å². The van der Waals surface area contributed by atoms with E-state index in [0.29, 0.717) is 32.1 Å². The lowest BCUT2D eigenvalue weighted by molar-refractivity contribution is -0.138. The quantitative estimate of drug-likeness (QED) is 0.688. The zero-order chi connectivity index (χ0) is 18.8. The van der Waals surface area contributed by atoms with Crippen LogP contribution in [0.2, 0.25) is 0 Å². The number of aromatic nitrogens is 3. The second kappa shape index (κ2) is 7.58. The molecule has 140 valence electrons. The fourth-order valence-corrected chi connectivity index (χ4v) is 3.93. The molecule has 0 saturated carbocycles. The van der Waals surface area contributed by atoms with Crippen LogP contribution < -0.4 is 4.90 Å². The molecule has 0 aliphatic carbocycles. The van der Waals surface area contributed by atoms with Crippen LogP contribution in [0, 0.1) is 0 Å². The van der Waals surface area contributed by atoms with Gasteiger partial charge in [-0.1, -0.05) is 18.2 Å². The molecule has 2 aromatic heterocycles. The summed E-state index contributed by atoms with van der Waals surface area (Å²) in [6.45, 7) is 1.57. The van der Waals surface area contributed by atoms with E-state index in [1.807, 2.05) is 54.2 Å². The van der Waals surface area contributed by atoms with Crippen LogP contribution in [0.5, 0.6) is 0 Å². The number of hydrogen-bond donors (Lipinski definition) is 0. The van der Waals surface area contributed by atoms with Crippen molar-refractivity contribution in [2.75, 3.05) is 38.7 Å². The fraction of sp³-hybridized carbons (Fsp3) is 0.368. The minimum atomic E-state index is -0.239. The van der Waals surface area contributed by atoms with Crippen molar-refractivity contribution in [1.82, 2.24) is 19.2 Å². The van der Waals surface area contributed by atoms with Gasteiger partial charge in [0.1, 0.15) is 6.10 Å². The molecular formula is C19H21N5O2S. The van der Waals surface area contributed by atoms with Crippen LogP contribution in [0.3, 0.4) is 0 Å². The summed E-state index contributed by atoms with van der Waals surface area (Å²) in [5.74, 6) is 0.703. The lowest BCUT2D eigenvalue weighted by Gasteiger charge is -2.32. The highest BCUT2D eigenvalue weighted by atomic mass is 32.1. The maximum absolute atomic E-state index is 12.9. The van der Waals surface area contributed by atoms with Crippen LogP contribution in [0.1, 0.15) is 17.5 Å². The van der Waals surface area contributed by atoms with Crippen molar-refractivity contribution in [1.29, 1.82) is 0 Å². The van der Waals surface area contributed by atoms with E-state index in [9.17, 15) is 4.79 Å². The number of morpholine rings is 1. The van der Waals surface area contributed by atoms with Crippen molar-refractivity contribution in [2.45, 2.75) is 12.5 Å². The van der Waals surface area contributed by atoms with Crippen molar-refractivity contribution < 1.29 is 9.53 Å². The van der Waals surface area contributed by atoms with Gasteiger partial charge in [0.05, 0.1) is 35.7 Å². The lowest BCUT2D eigenvalue weighted by Crippen LogP contribution is -2.43. The van der Waals surface area contributed by atoms with Crippen molar-refractivity contribution in [2.24, 2.45) is 0 Å². The van der Waals surface area contributed by atoms with Gasteiger partial charge in [-0.05, 0) is 23.7 Å². The Morgan fingerprint density at radius 2 is 2.19 bits per heavy atom. The Balaban J connectivity index is 1.48. The zero-order valence-electron chi connectivity index (χ0n) is 15.3. The van der Waals surface area contributed by atoms with Gasteiger partial charge < -0.3 is 14.5 Å². The minimum absolute atomic E-state index is 0.0706. The summed E-state index contributed by atoms with van der Waals surface area (Å²) in [7, 11) is 3.80. The molecule has 1 atom stereocenters. The number of hydrogen-bond acceptors (Lipinski definition) is 7. The van der Waals surface area contributed by atoms with Gasteiger partial charge in [-0.25, -0.2) is 9.97 Å². The molecule has 8 heteroatoms. The van der Waals surface area contributed by atoms with Crippen molar-refractivity contribution >= 4 is 33.5 Å². The van der Waals surface area contributed by atoms with Crippen LogP contribution in [-0.2, 0) is 16.0 Å². The Kier molecular flexibility index (Phi) is 5.00. The van der Waals surface area contributed by atoms with Crippen LogP contribution in [-0.4, -0.2) is 58.9 Å². The van der Waals surface area contributed by atoms with E-state index < -0.39 is 0 Å². The molecule has 4 rings (SSSR count). The van der Waals surface area contributed by atoms with Gasteiger partial charge in [0, 0.05) is 32.2 Å². The molecule has 3 heterocycles. The molecule has 1 saturated heterocycles. The van der Waals surface area contributed by atoms with E-state index in [-0.39, 0.29) is 12.0 Å². The third kappa shape index (κ3) is 3.77. The predicted molar refractivity (Wildman–Crippen MR) is 105 cm³/mol. The van der Waals surface area contributed by atoms with Gasteiger partial charge in [0.15, 0.2) is 0 Å². The summed E-state index contributed by atoms with van der Waals surface area (Å²) in [6, 6.07) is 9.87. The first-order chi connectivity index (χ1) is 13.1. The predicted octanol–water partition coefficient (Wildman–Crippen LogP) is 2.29. The Bertz CT molecular complexity index is 958. The first kappa shape index (κ1) is 17.8. The number of rotatable bonds is 4. The third-order valence-electron chi connectivity index (χ3n) is 4.58. The highest BCUT2D eigenvalue weighted by Crippen LogP contribution is 2.25. The molecule has 1 fully saturated rings. The molecule has 27 heavy (non-hydrogen) atoms. The molecule has 0 radical (unpaired) electrons. The van der Waals surface area contributed by atoms with Crippen LogP contribution >= 0.6 is 11.5 Å². The summed E-state index contributed by atoms with van der Waals surface area (Å²) in [5, 5.41) is 1.06. The molecule has 0 spiro atoms. The number of fused-ring (bicyclic) bond motifs is 1. The third-order valence-corrected chi connectivity index (χ3v) is 5.45. The van der Waals surface area contributed by atoms with E-state index in [1.54, 1.807) is 6.20 Å². The monoisotopic (exact) mass is 383 g/mol. The fourth-order valence-electron chi connectivity index (χ4n) is 3.13. The van der Waals surface area contributed by atoms with Crippen LogP contribution in [0.15, 0.2) is 36.5 Å². The molecule has 1 unspecified atom stereocenters. The zero-order valence-corrected chi connectivity index (χ0v) is 16.1. The van der Waals surface area contributed by atoms with Gasteiger partial charge in [0.25, 0.3) is 0 Å². The number of carbonyl (C=O) groups is 1. The molecule has 1 amide bonds. The van der Waals surface area contributed by atoms with Gasteiger partial charge in [0.2, 0.25) is 11.9 Å². The Labute approximate surface area is 161 Å². The van der Waals surface area contributed by atoms with E-state index in [1.165, 1.54) is 11.5 Å². The average Bonchev–Trinajstić information content (AvgIpc) is 3.11. The largest absolute Gasteiger partial charge is 0.368 e.